The van der Waals surface area contributed by atoms with Crippen LogP contribution in [-0.4, -0.2) is 23.6 Å². The first-order valence-corrected chi connectivity index (χ1v) is 8.13. The second-order valence-electron chi connectivity index (χ2n) is 5.06. The highest BCUT2D eigenvalue weighted by Gasteiger charge is 2.40. The van der Waals surface area contributed by atoms with E-state index in [2.05, 4.69) is 37.7 Å². The Morgan fingerprint density at radius 3 is 2.89 bits per heavy atom. The molecule has 3 rings (SSSR count). The second kappa shape index (κ2) is 5.31. The molecule has 1 N–H and O–H groups in total. The molecular weight excluding hydrogens is 322 g/mol. The van der Waals surface area contributed by atoms with Gasteiger partial charge < -0.3 is 5.32 Å². The van der Waals surface area contributed by atoms with Crippen LogP contribution in [-0.2, 0) is 5.41 Å². The van der Waals surface area contributed by atoms with Crippen molar-refractivity contribution in [3.8, 4) is 10.6 Å². The van der Waals surface area contributed by atoms with Gasteiger partial charge in [-0.1, -0.05) is 6.42 Å². The van der Waals surface area contributed by atoms with E-state index in [1.54, 1.807) is 11.3 Å². The summed E-state index contributed by atoms with van der Waals surface area (Å²) in [6.07, 6.45) is 5.54. The van der Waals surface area contributed by atoms with E-state index in [-0.39, 0.29) is 5.41 Å². The summed E-state index contributed by atoms with van der Waals surface area (Å²) < 4.78 is 1.11. The van der Waals surface area contributed by atoms with Crippen LogP contribution in [0.3, 0.4) is 0 Å². The summed E-state index contributed by atoms with van der Waals surface area (Å²) in [6.45, 7) is 0.963. The molecule has 2 heterocycles. The topological polar surface area (TPSA) is 37.8 Å². The molecule has 0 unspecified atom stereocenters. The minimum Gasteiger partial charge on any atom is -0.319 e. The molecule has 19 heavy (non-hydrogen) atoms. The van der Waals surface area contributed by atoms with Gasteiger partial charge in [-0.05, 0) is 48.0 Å². The van der Waals surface area contributed by atoms with Gasteiger partial charge in [-0.25, -0.2) is 9.97 Å². The molecule has 2 aromatic rings. The van der Waals surface area contributed by atoms with Gasteiger partial charge in [0.1, 0.15) is 5.82 Å². The standard InChI is InChI=1S/C14H16BrN3S/c1-16-9-14(4-2-5-14)13-17-6-3-11(18-13)12-7-10(15)8-19-12/h3,6-8,16H,2,4-5,9H2,1H3. The van der Waals surface area contributed by atoms with E-state index in [4.69, 9.17) is 4.98 Å². The minimum atomic E-state index is 0.152. The van der Waals surface area contributed by atoms with Gasteiger partial charge in [-0.3, -0.25) is 0 Å². The third kappa shape index (κ3) is 2.47. The molecule has 1 aliphatic carbocycles. The smallest absolute Gasteiger partial charge is 0.136 e. The maximum absolute atomic E-state index is 4.81. The van der Waals surface area contributed by atoms with Crippen molar-refractivity contribution in [2.45, 2.75) is 24.7 Å². The maximum Gasteiger partial charge on any atom is 0.136 e. The molecule has 0 spiro atoms. The first kappa shape index (κ1) is 13.2. The highest BCUT2D eigenvalue weighted by molar-refractivity contribution is 9.10. The lowest BCUT2D eigenvalue weighted by atomic mass is 9.68. The molecule has 1 aliphatic rings. The Hall–Kier alpha value is -0.780. The maximum atomic E-state index is 4.81. The molecule has 0 atom stereocenters. The van der Waals surface area contributed by atoms with Crippen LogP contribution in [0.1, 0.15) is 25.1 Å². The Kier molecular flexibility index (Phi) is 3.69. The summed E-state index contributed by atoms with van der Waals surface area (Å²) >= 11 is 5.20. The van der Waals surface area contributed by atoms with Crippen molar-refractivity contribution in [3.63, 3.8) is 0 Å². The monoisotopic (exact) mass is 337 g/mol. The van der Waals surface area contributed by atoms with Crippen LogP contribution in [0.4, 0.5) is 0 Å². The van der Waals surface area contributed by atoms with Crippen molar-refractivity contribution in [1.82, 2.24) is 15.3 Å². The Balaban J connectivity index is 1.95. The summed E-state index contributed by atoms with van der Waals surface area (Å²) in [7, 11) is 2.00. The molecule has 2 aromatic heterocycles. The summed E-state index contributed by atoms with van der Waals surface area (Å²) in [5.74, 6) is 0.995. The zero-order valence-corrected chi connectivity index (χ0v) is 13.2. The van der Waals surface area contributed by atoms with Crippen LogP contribution in [0.15, 0.2) is 28.2 Å². The van der Waals surface area contributed by atoms with E-state index in [0.717, 1.165) is 22.5 Å². The second-order valence-corrected chi connectivity index (χ2v) is 6.89. The Morgan fingerprint density at radius 2 is 2.32 bits per heavy atom. The normalized spacial score (nSPS) is 17.2. The molecule has 5 heteroatoms. The van der Waals surface area contributed by atoms with Crippen LogP contribution in [0, 0.1) is 0 Å². The Bertz CT molecular complexity index is 578. The molecule has 0 bridgehead atoms. The molecule has 1 saturated carbocycles. The minimum absolute atomic E-state index is 0.152. The first-order valence-electron chi connectivity index (χ1n) is 6.46. The fourth-order valence-electron chi connectivity index (χ4n) is 2.62. The molecule has 100 valence electrons. The molecule has 0 aliphatic heterocycles. The number of hydrogen-bond acceptors (Lipinski definition) is 4. The average Bonchev–Trinajstić information content (AvgIpc) is 2.81. The van der Waals surface area contributed by atoms with Gasteiger partial charge in [-0.2, -0.15) is 0 Å². The zero-order chi connectivity index (χ0) is 13.3. The van der Waals surface area contributed by atoms with Crippen molar-refractivity contribution >= 4 is 27.3 Å². The van der Waals surface area contributed by atoms with E-state index in [1.807, 2.05) is 19.3 Å². The largest absolute Gasteiger partial charge is 0.319 e. The highest BCUT2D eigenvalue weighted by atomic mass is 79.9. The molecular formula is C14H16BrN3S. The van der Waals surface area contributed by atoms with E-state index in [0.29, 0.717) is 0 Å². The number of rotatable bonds is 4. The first-order chi connectivity index (χ1) is 9.23. The quantitative estimate of drug-likeness (QED) is 0.925. The predicted octanol–water partition coefficient (Wildman–Crippen LogP) is 3.61. The number of halogens is 1. The number of hydrogen-bond donors (Lipinski definition) is 1. The predicted molar refractivity (Wildman–Crippen MR) is 82.5 cm³/mol. The lowest BCUT2D eigenvalue weighted by molar-refractivity contribution is 0.225. The van der Waals surface area contributed by atoms with Gasteiger partial charge in [0.15, 0.2) is 0 Å². The highest BCUT2D eigenvalue weighted by Crippen LogP contribution is 2.42. The number of nitrogens with one attached hydrogen (secondary N) is 1. The van der Waals surface area contributed by atoms with Crippen molar-refractivity contribution in [1.29, 1.82) is 0 Å². The molecule has 0 amide bonds. The zero-order valence-electron chi connectivity index (χ0n) is 10.8. The number of thiophene rings is 1. The van der Waals surface area contributed by atoms with E-state index < -0.39 is 0 Å². The number of nitrogens with zero attached hydrogens (tertiary/aromatic N) is 2. The Labute approximate surface area is 125 Å². The number of likely N-dealkylation sites (N-methyl/N-ethyl adjacent to an activating group) is 1. The molecule has 1 fully saturated rings. The van der Waals surface area contributed by atoms with Crippen molar-refractivity contribution in [2.75, 3.05) is 13.6 Å². The third-order valence-corrected chi connectivity index (χ3v) is 5.49. The van der Waals surface area contributed by atoms with Crippen molar-refractivity contribution in [2.24, 2.45) is 0 Å². The van der Waals surface area contributed by atoms with Gasteiger partial charge in [0.05, 0.1) is 10.6 Å². The van der Waals surface area contributed by atoms with E-state index in [9.17, 15) is 0 Å². The summed E-state index contributed by atoms with van der Waals surface area (Å²) in [4.78, 5) is 10.5. The summed E-state index contributed by atoms with van der Waals surface area (Å²) in [5, 5.41) is 5.37. The molecule has 3 nitrogen and oxygen atoms in total. The van der Waals surface area contributed by atoms with Crippen molar-refractivity contribution < 1.29 is 0 Å². The van der Waals surface area contributed by atoms with E-state index >= 15 is 0 Å². The summed E-state index contributed by atoms with van der Waals surface area (Å²) in [5.41, 5.74) is 1.18. The lowest BCUT2D eigenvalue weighted by Crippen LogP contribution is -2.44. The van der Waals surface area contributed by atoms with Crippen LogP contribution in [0.25, 0.3) is 10.6 Å². The Morgan fingerprint density at radius 1 is 1.47 bits per heavy atom. The average molecular weight is 338 g/mol. The lowest BCUT2D eigenvalue weighted by Gasteiger charge is -2.40. The summed E-state index contributed by atoms with van der Waals surface area (Å²) in [6, 6.07) is 4.11. The van der Waals surface area contributed by atoms with Crippen LogP contribution < -0.4 is 5.32 Å². The van der Waals surface area contributed by atoms with Gasteiger partial charge in [0, 0.05) is 28.0 Å². The number of aromatic nitrogens is 2. The van der Waals surface area contributed by atoms with Crippen molar-refractivity contribution in [3.05, 3.63) is 34.0 Å². The molecule has 0 radical (unpaired) electrons. The van der Waals surface area contributed by atoms with Crippen LogP contribution in [0.2, 0.25) is 0 Å². The van der Waals surface area contributed by atoms with Gasteiger partial charge >= 0.3 is 0 Å². The third-order valence-electron chi connectivity index (χ3n) is 3.78. The molecule has 0 aromatic carbocycles. The fraction of sp³-hybridized carbons (Fsp3) is 0.429. The van der Waals surface area contributed by atoms with Crippen LogP contribution in [0.5, 0.6) is 0 Å². The molecule has 0 saturated heterocycles. The van der Waals surface area contributed by atoms with Crippen LogP contribution >= 0.6 is 27.3 Å². The van der Waals surface area contributed by atoms with Gasteiger partial charge in [-0.15, -0.1) is 11.3 Å². The van der Waals surface area contributed by atoms with Gasteiger partial charge in [0.2, 0.25) is 0 Å². The SMILES string of the molecule is CNCC1(c2nccc(-c3cc(Br)cs3)n2)CCC1. The fourth-order valence-corrected chi connectivity index (χ4v) is 4.02. The van der Waals surface area contributed by atoms with E-state index in [1.165, 1.54) is 24.1 Å². The van der Waals surface area contributed by atoms with Gasteiger partial charge in [0.25, 0.3) is 0 Å².